The number of nitrogens with zero attached hydrogens (tertiary/aromatic N) is 4. The quantitative estimate of drug-likeness (QED) is 0.138. The van der Waals surface area contributed by atoms with E-state index in [1.54, 1.807) is 0 Å². The molecule has 0 amide bonds. The van der Waals surface area contributed by atoms with E-state index in [-0.39, 0.29) is 0 Å². The van der Waals surface area contributed by atoms with Gasteiger partial charge in [0.25, 0.3) is 0 Å². The minimum Gasteiger partial charge on any atom is -0.537 e. The number of benzene rings is 19. The van der Waals surface area contributed by atoms with Gasteiger partial charge in [0.1, 0.15) is 28.1 Å². The maximum Gasteiger partial charge on any atom is 0.569 e. The van der Waals surface area contributed by atoms with E-state index in [9.17, 15) is 5.02 Å². The highest BCUT2D eigenvalue weighted by atomic mass is 79.9. The molecular formula is C114H69BBrN4O4S2. The Balaban J connectivity index is 0.000000111. The van der Waals surface area contributed by atoms with E-state index in [0.717, 1.165) is 95.1 Å². The van der Waals surface area contributed by atoms with Crippen LogP contribution in [-0.2, 0) is 0 Å². The molecule has 8 heterocycles. The first-order valence-electron chi connectivity index (χ1n) is 42.2. The van der Waals surface area contributed by atoms with E-state index in [0.29, 0.717) is 5.75 Å². The molecule has 126 heavy (non-hydrogen) atoms. The zero-order valence-corrected chi connectivity index (χ0v) is 70.7. The standard InChI is InChI=1S/C54H32N2OS.C36H23BNO2S.C24H14BrNO/c1-2-10-33(11-3-1)34-18-20-35(21-19-34)36-22-24-37(25-23-36)56-49-31-44-39-12-4-7-15-47(39)55(38-26-29-51-46(30-38)40-13-5-8-16-50(40)57-51)48(44)32-45(49)42-27-28-43-41-14-6-9-17-52(41)58-54(43)53(42)56;39-37-40-28-18-21-33-32(22-28)30-19-20-31-29-8-4-5-9-34(29)41-36(31)35(30)38(33)27-16-14-26(15-17-27)25-12-10-24(11-13-25)23-6-2-1-3-7-23;25-15-9-11-22-19(13-15)17-5-1-3-7-21(17)26(22)16-10-12-24-20(14-16)18-6-2-4-8-23(18)27-24/h1-32H;1-22,39H;1-14H. The molecule has 0 unspecified atom stereocenters. The number of halogens is 1. The van der Waals surface area contributed by atoms with Crippen molar-refractivity contribution in [3.05, 3.63) is 417 Å². The van der Waals surface area contributed by atoms with E-state index in [4.69, 9.17) is 13.5 Å². The van der Waals surface area contributed by atoms with Crippen LogP contribution in [0.1, 0.15) is 0 Å². The molecule has 0 atom stereocenters. The topological polar surface area (TPSA) is 75.5 Å². The van der Waals surface area contributed by atoms with Crippen LogP contribution in [0.4, 0.5) is 0 Å². The van der Waals surface area contributed by atoms with Crippen molar-refractivity contribution in [2.24, 2.45) is 0 Å². The number of furan rings is 2. The van der Waals surface area contributed by atoms with E-state index >= 15 is 0 Å². The van der Waals surface area contributed by atoms with Gasteiger partial charge in [-0.15, -0.1) is 22.7 Å². The van der Waals surface area contributed by atoms with Gasteiger partial charge in [0, 0.05) is 123 Å². The molecule has 1 N–H and O–H groups in total. The summed E-state index contributed by atoms with van der Waals surface area (Å²) in [5, 5.41) is 28.6. The molecule has 1 radical (unpaired) electrons. The summed E-state index contributed by atoms with van der Waals surface area (Å²) in [6.07, 6.45) is 0. The van der Waals surface area contributed by atoms with Crippen LogP contribution in [0.25, 0.3) is 239 Å². The van der Waals surface area contributed by atoms with E-state index in [2.05, 4.69) is 404 Å². The molecule has 0 bridgehead atoms. The first-order valence-corrected chi connectivity index (χ1v) is 44.6. The zero-order chi connectivity index (χ0) is 83.2. The van der Waals surface area contributed by atoms with Crippen molar-refractivity contribution < 1.29 is 18.5 Å². The fraction of sp³-hybridized carbons (Fsp3) is 0. The summed E-state index contributed by atoms with van der Waals surface area (Å²) >= 11 is 7.34. The van der Waals surface area contributed by atoms with Gasteiger partial charge in [-0.05, 0) is 190 Å². The Hall–Kier alpha value is -15.3. The van der Waals surface area contributed by atoms with E-state index in [1.807, 2.05) is 65.1 Å². The van der Waals surface area contributed by atoms with Crippen LogP contribution in [-0.4, -0.2) is 31.0 Å². The molecule has 0 aliphatic heterocycles. The number of aromatic nitrogens is 4. The van der Waals surface area contributed by atoms with Gasteiger partial charge in [-0.3, -0.25) is 0 Å². The number of thiophene rings is 2. The van der Waals surface area contributed by atoms with Gasteiger partial charge in [-0.1, -0.05) is 283 Å². The third kappa shape index (κ3) is 12.0. The predicted molar refractivity (Wildman–Crippen MR) is 535 cm³/mol. The summed E-state index contributed by atoms with van der Waals surface area (Å²) in [6.45, 7) is 0. The van der Waals surface area contributed by atoms with Gasteiger partial charge in [-0.2, -0.15) is 0 Å². The normalized spacial score (nSPS) is 11.9. The number of rotatable bonds is 10. The van der Waals surface area contributed by atoms with Crippen LogP contribution >= 0.6 is 38.6 Å². The second kappa shape index (κ2) is 29.8. The highest BCUT2D eigenvalue weighted by molar-refractivity contribution is 9.10. The van der Waals surface area contributed by atoms with Crippen molar-refractivity contribution in [1.29, 1.82) is 0 Å². The Bertz CT molecular complexity index is 9050. The predicted octanol–water partition coefficient (Wildman–Crippen LogP) is 32.3. The Morgan fingerprint density at radius 1 is 0.230 bits per heavy atom. The van der Waals surface area contributed by atoms with Crippen LogP contribution < -0.4 is 4.65 Å². The maximum atomic E-state index is 9.25. The second-order valence-corrected chi connectivity index (χ2v) is 35.3. The molecule has 0 aliphatic rings. The van der Waals surface area contributed by atoms with Gasteiger partial charge in [0.05, 0.1) is 53.5 Å². The first kappa shape index (κ1) is 73.4. The molecule has 12 heteroatoms. The van der Waals surface area contributed by atoms with Gasteiger partial charge in [0.15, 0.2) is 0 Å². The summed E-state index contributed by atoms with van der Waals surface area (Å²) < 4.78 is 33.5. The van der Waals surface area contributed by atoms with Crippen LogP contribution in [0.15, 0.2) is 426 Å². The van der Waals surface area contributed by atoms with Crippen molar-refractivity contribution in [3.63, 3.8) is 0 Å². The molecule has 27 rings (SSSR count). The Morgan fingerprint density at radius 2 is 0.563 bits per heavy atom. The monoisotopic (exact) mass is 1710 g/mol. The lowest BCUT2D eigenvalue weighted by atomic mass is 10.0. The van der Waals surface area contributed by atoms with Crippen molar-refractivity contribution >= 4 is 218 Å². The van der Waals surface area contributed by atoms with Crippen molar-refractivity contribution in [3.8, 4) is 73.0 Å². The number of para-hydroxylation sites is 4. The molecule has 0 saturated carbocycles. The fourth-order valence-corrected chi connectivity index (χ4v) is 22.3. The lowest BCUT2D eigenvalue weighted by Gasteiger charge is -2.11. The van der Waals surface area contributed by atoms with Crippen LogP contribution in [0.5, 0.6) is 5.75 Å². The Labute approximate surface area is 738 Å². The third-order valence-corrected chi connectivity index (χ3v) is 28.2. The minimum absolute atomic E-state index is 0.602. The Kier molecular flexibility index (Phi) is 17.4. The van der Waals surface area contributed by atoms with Gasteiger partial charge >= 0.3 is 7.69 Å². The van der Waals surface area contributed by atoms with Gasteiger partial charge in [0.2, 0.25) is 0 Å². The van der Waals surface area contributed by atoms with Crippen LogP contribution in [0.3, 0.4) is 0 Å². The third-order valence-electron chi connectivity index (χ3n) is 25.3. The summed E-state index contributed by atoms with van der Waals surface area (Å²) in [6, 6.07) is 147. The molecule has 591 valence electrons. The van der Waals surface area contributed by atoms with E-state index < -0.39 is 0 Å². The summed E-state index contributed by atoms with van der Waals surface area (Å²) in [5.74, 6) is 0.602. The fourth-order valence-electron chi connectivity index (χ4n) is 19.5. The molecule has 0 fully saturated rings. The summed E-state index contributed by atoms with van der Waals surface area (Å²) in [5.41, 5.74) is 27.3. The molecule has 8 aromatic heterocycles. The molecular weight excluding hydrogens is 1640 g/mol. The van der Waals surface area contributed by atoms with Crippen LogP contribution in [0.2, 0.25) is 0 Å². The first-order chi connectivity index (χ1) is 62.3. The zero-order valence-electron chi connectivity index (χ0n) is 67.5. The SMILES string of the molecule is Brc1ccc2c(c1)c1ccccc1n2-c1ccc2oc3ccccc3c2c1.O[B]Oc1ccc2c(c1)c1ccc3c4ccccc4sc3c1n2-c1ccc(-c2ccc(-c3ccccc3)cc2)cc1.c1ccc(-c2ccc(-c3ccc(-n4c5cc6c7ccccc7n(-c7ccc8oc9ccccc9c8c7)c6cc5c5ccc6c7ccccc7sc6c54)cc3)cc2)cc1. The second-order valence-electron chi connectivity index (χ2n) is 32.2. The average Bonchev–Trinajstić information content (AvgIpc) is 1.54. The molecule has 8 nitrogen and oxygen atoms in total. The molecule has 19 aromatic carbocycles. The summed E-state index contributed by atoms with van der Waals surface area (Å²) in [7, 11) is 0.732. The number of fused-ring (bicyclic) bond motifs is 26. The smallest absolute Gasteiger partial charge is 0.537 e. The molecule has 0 spiro atoms. The molecule has 0 saturated heterocycles. The van der Waals surface area contributed by atoms with Crippen molar-refractivity contribution in [2.45, 2.75) is 0 Å². The lowest BCUT2D eigenvalue weighted by molar-refractivity contribution is 0.454. The van der Waals surface area contributed by atoms with Gasteiger partial charge < -0.3 is 36.8 Å². The molecule has 0 aliphatic carbocycles. The largest absolute Gasteiger partial charge is 0.569 e. The average molecular weight is 1710 g/mol. The minimum atomic E-state index is 0.602. The summed E-state index contributed by atoms with van der Waals surface area (Å²) in [4.78, 5) is 0. The highest BCUT2D eigenvalue weighted by Crippen LogP contribution is 2.49. The highest BCUT2D eigenvalue weighted by Gasteiger charge is 2.25. The number of hydrogen-bond acceptors (Lipinski definition) is 6. The number of hydrogen-bond donors (Lipinski definition) is 1. The lowest BCUT2D eigenvalue weighted by Crippen LogP contribution is -1.99. The van der Waals surface area contributed by atoms with Crippen molar-refractivity contribution in [2.75, 3.05) is 0 Å². The van der Waals surface area contributed by atoms with Gasteiger partial charge in [-0.25, -0.2) is 0 Å². The molecule has 27 aromatic rings. The van der Waals surface area contributed by atoms with Crippen molar-refractivity contribution in [1.82, 2.24) is 18.3 Å². The van der Waals surface area contributed by atoms with E-state index in [1.165, 1.54) is 156 Å². The maximum absolute atomic E-state index is 9.25. The van der Waals surface area contributed by atoms with Crippen LogP contribution in [0, 0.1) is 0 Å². The Morgan fingerprint density at radius 3 is 1.05 bits per heavy atom.